The summed E-state index contributed by atoms with van der Waals surface area (Å²) >= 11 is 11.7. The lowest BCUT2D eigenvalue weighted by atomic mass is 10.1. The van der Waals surface area contributed by atoms with Crippen LogP contribution < -0.4 is 10.6 Å². The van der Waals surface area contributed by atoms with Crippen LogP contribution in [0.1, 0.15) is 28.8 Å². The summed E-state index contributed by atoms with van der Waals surface area (Å²) in [6, 6.07) is 14.3. The zero-order valence-corrected chi connectivity index (χ0v) is 15.2. The molecule has 4 nitrogen and oxygen atoms in total. The largest absolute Gasteiger partial charge is 0.356 e. The molecule has 0 atom stereocenters. The highest BCUT2D eigenvalue weighted by Gasteiger charge is 2.05. The van der Waals surface area contributed by atoms with Gasteiger partial charge in [0.15, 0.2) is 0 Å². The Hall–Kier alpha value is -2.04. The van der Waals surface area contributed by atoms with E-state index >= 15 is 0 Å². The van der Waals surface area contributed by atoms with Gasteiger partial charge in [-0.2, -0.15) is 0 Å². The number of amides is 2. The Morgan fingerprint density at radius 3 is 2.36 bits per heavy atom. The Morgan fingerprint density at radius 2 is 1.64 bits per heavy atom. The highest BCUT2D eigenvalue weighted by Crippen LogP contribution is 2.11. The molecule has 0 saturated carbocycles. The number of nitrogens with one attached hydrogen (secondary N) is 2. The maximum atomic E-state index is 11.9. The van der Waals surface area contributed by atoms with Gasteiger partial charge in [0.25, 0.3) is 5.91 Å². The topological polar surface area (TPSA) is 58.2 Å². The number of hydrogen-bond acceptors (Lipinski definition) is 2. The number of hydrogen-bond donors (Lipinski definition) is 2. The number of carbonyl (C=O) groups is 2. The molecule has 2 rings (SSSR count). The average molecular weight is 379 g/mol. The van der Waals surface area contributed by atoms with Crippen molar-refractivity contribution in [2.45, 2.75) is 19.3 Å². The summed E-state index contributed by atoms with van der Waals surface area (Å²) in [5.74, 6) is -0.194. The van der Waals surface area contributed by atoms with Crippen molar-refractivity contribution in [2.24, 2.45) is 0 Å². The Bertz CT molecular complexity index is 718. The van der Waals surface area contributed by atoms with E-state index in [4.69, 9.17) is 23.2 Å². The van der Waals surface area contributed by atoms with Crippen molar-refractivity contribution in [3.8, 4) is 0 Å². The molecule has 2 aromatic carbocycles. The second kappa shape index (κ2) is 10.1. The molecule has 0 aliphatic heterocycles. The second-order valence-corrected chi connectivity index (χ2v) is 6.47. The third-order valence-corrected chi connectivity index (χ3v) is 4.08. The molecule has 0 aromatic heterocycles. The lowest BCUT2D eigenvalue weighted by Gasteiger charge is -2.07. The molecule has 0 fully saturated rings. The quantitative estimate of drug-likeness (QED) is 0.685. The van der Waals surface area contributed by atoms with E-state index in [1.165, 1.54) is 0 Å². The zero-order valence-electron chi connectivity index (χ0n) is 13.7. The molecular weight excluding hydrogens is 359 g/mol. The van der Waals surface area contributed by atoms with Crippen LogP contribution in [0.25, 0.3) is 0 Å². The van der Waals surface area contributed by atoms with E-state index in [0.29, 0.717) is 41.5 Å². The van der Waals surface area contributed by atoms with Gasteiger partial charge in [-0.3, -0.25) is 9.59 Å². The van der Waals surface area contributed by atoms with Crippen LogP contribution in [0.2, 0.25) is 10.0 Å². The summed E-state index contributed by atoms with van der Waals surface area (Å²) < 4.78 is 0. The van der Waals surface area contributed by atoms with Gasteiger partial charge in [-0.05, 0) is 54.8 Å². The molecule has 6 heteroatoms. The summed E-state index contributed by atoms with van der Waals surface area (Å²) in [7, 11) is 0. The van der Waals surface area contributed by atoms with E-state index in [0.717, 1.165) is 12.0 Å². The smallest absolute Gasteiger partial charge is 0.251 e. The van der Waals surface area contributed by atoms with E-state index in [1.54, 1.807) is 24.3 Å². The van der Waals surface area contributed by atoms with Gasteiger partial charge in [0, 0.05) is 35.1 Å². The van der Waals surface area contributed by atoms with Crippen LogP contribution in [0, 0.1) is 0 Å². The van der Waals surface area contributed by atoms with Gasteiger partial charge in [-0.15, -0.1) is 0 Å². The van der Waals surface area contributed by atoms with Gasteiger partial charge < -0.3 is 10.6 Å². The minimum atomic E-state index is -0.168. The molecular formula is C19H20Cl2N2O2. The van der Waals surface area contributed by atoms with Crippen LogP contribution in [-0.2, 0) is 11.2 Å². The molecule has 0 bridgehead atoms. The maximum Gasteiger partial charge on any atom is 0.251 e. The minimum Gasteiger partial charge on any atom is -0.356 e. The SMILES string of the molecule is O=C(CCCNC(=O)c1ccc(Cl)cc1)NCCc1cccc(Cl)c1. The van der Waals surface area contributed by atoms with Crippen molar-refractivity contribution < 1.29 is 9.59 Å². The van der Waals surface area contributed by atoms with E-state index in [2.05, 4.69) is 10.6 Å². The summed E-state index contributed by atoms with van der Waals surface area (Å²) in [5.41, 5.74) is 1.64. The van der Waals surface area contributed by atoms with Crippen molar-refractivity contribution in [1.82, 2.24) is 10.6 Å². The van der Waals surface area contributed by atoms with Crippen LogP contribution >= 0.6 is 23.2 Å². The van der Waals surface area contributed by atoms with Crippen molar-refractivity contribution in [1.29, 1.82) is 0 Å². The molecule has 132 valence electrons. The zero-order chi connectivity index (χ0) is 18.1. The monoisotopic (exact) mass is 378 g/mol. The lowest BCUT2D eigenvalue weighted by molar-refractivity contribution is -0.121. The number of rotatable bonds is 8. The predicted molar refractivity (Wildman–Crippen MR) is 101 cm³/mol. The Morgan fingerprint density at radius 1 is 0.880 bits per heavy atom. The van der Waals surface area contributed by atoms with Crippen LogP contribution in [0.3, 0.4) is 0 Å². The van der Waals surface area contributed by atoms with E-state index in [9.17, 15) is 9.59 Å². The van der Waals surface area contributed by atoms with E-state index < -0.39 is 0 Å². The van der Waals surface area contributed by atoms with Gasteiger partial charge in [0.1, 0.15) is 0 Å². The molecule has 0 aliphatic carbocycles. The molecule has 0 radical (unpaired) electrons. The number of carbonyl (C=O) groups excluding carboxylic acids is 2. The normalized spacial score (nSPS) is 10.3. The fraction of sp³-hybridized carbons (Fsp3) is 0.263. The van der Waals surface area contributed by atoms with Gasteiger partial charge in [-0.25, -0.2) is 0 Å². The molecule has 25 heavy (non-hydrogen) atoms. The molecule has 0 aliphatic rings. The van der Waals surface area contributed by atoms with Gasteiger partial charge in [0.05, 0.1) is 0 Å². The van der Waals surface area contributed by atoms with E-state index in [1.807, 2.05) is 24.3 Å². The van der Waals surface area contributed by atoms with Gasteiger partial charge in [0.2, 0.25) is 5.91 Å². The minimum absolute atomic E-state index is 0.0252. The van der Waals surface area contributed by atoms with Gasteiger partial charge in [-0.1, -0.05) is 35.3 Å². The predicted octanol–water partition coefficient (Wildman–Crippen LogP) is 3.86. The molecule has 0 heterocycles. The van der Waals surface area contributed by atoms with Crippen molar-refractivity contribution in [3.05, 3.63) is 69.7 Å². The first-order valence-corrected chi connectivity index (χ1v) is 8.85. The van der Waals surface area contributed by atoms with Crippen LogP contribution in [0.15, 0.2) is 48.5 Å². The first-order chi connectivity index (χ1) is 12.0. The highest BCUT2D eigenvalue weighted by atomic mass is 35.5. The first-order valence-electron chi connectivity index (χ1n) is 8.09. The maximum absolute atomic E-state index is 11.9. The van der Waals surface area contributed by atoms with Crippen molar-refractivity contribution >= 4 is 35.0 Å². The van der Waals surface area contributed by atoms with Crippen LogP contribution in [0.5, 0.6) is 0 Å². The standard InChI is InChI=1S/C19H20Cl2N2O2/c20-16-8-6-15(7-9-16)19(25)23-11-2-5-18(24)22-12-10-14-3-1-4-17(21)13-14/h1,3-4,6-9,13H,2,5,10-12H2,(H,22,24)(H,23,25). The molecule has 0 unspecified atom stereocenters. The van der Waals surface area contributed by atoms with Gasteiger partial charge >= 0.3 is 0 Å². The molecule has 2 aromatic rings. The average Bonchev–Trinajstić information content (AvgIpc) is 2.59. The summed E-state index contributed by atoms with van der Waals surface area (Å²) in [4.78, 5) is 23.7. The van der Waals surface area contributed by atoms with E-state index in [-0.39, 0.29) is 11.8 Å². The van der Waals surface area contributed by atoms with Crippen LogP contribution in [-0.4, -0.2) is 24.9 Å². The summed E-state index contributed by atoms with van der Waals surface area (Å²) in [6.45, 7) is 1.01. The lowest BCUT2D eigenvalue weighted by Crippen LogP contribution is -2.28. The van der Waals surface area contributed by atoms with Crippen molar-refractivity contribution in [2.75, 3.05) is 13.1 Å². The Labute approximate surface area is 157 Å². The summed E-state index contributed by atoms with van der Waals surface area (Å²) in [5, 5.41) is 6.94. The summed E-state index contributed by atoms with van der Waals surface area (Å²) in [6.07, 6.45) is 1.69. The molecule has 0 spiro atoms. The van der Waals surface area contributed by atoms with Crippen LogP contribution in [0.4, 0.5) is 0 Å². The first kappa shape index (κ1) is 19.3. The van der Waals surface area contributed by atoms with Crippen molar-refractivity contribution in [3.63, 3.8) is 0 Å². The highest BCUT2D eigenvalue weighted by molar-refractivity contribution is 6.30. The number of halogens is 2. The third-order valence-electron chi connectivity index (χ3n) is 3.60. The second-order valence-electron chi connectivity index (χ2n) is 5.60. The number of benzene rings is 2. The molecule has 0 saturated heterocycles. The third kappa shape index (κ3) is 7.16. The Balaban J connectivity index is 1.59. The molecule has 2 N–H and O–H groups in total. The fourth-order valence-corrected chi connectivity index (χ4v) is 2.62. The Kier molecular flexibility index (Phi) is 7.76. The molecule has 2 amide bonds. The fourth-order valence-electron chi connectivity index (χ4n) is 2.28.